The van der Waals surface area contributed by atoms with Crippen LogP contribution < -0.4 is 9.47 Å². The van der Waals surface area contributed by atoms with Crippen LogP contribution in [0.25, 0.3) is 5.76 Å². The van der Waals surface area contributed by atoms with Gasteiger partial charge in [0.25, 0.3) is 11.7 Å². The minimum absolute atomic E-state index is 0.0691. The predicted octanol–water partition coefficient (Wildman–Crippen LogP) is 2.75. The maximum Gasteiger partial charge on any atom is 0.295 e. The highest BCUT2D eigenvalue weighted by Gasteiger charge is 2.46. The number of aliphatic hydroxyl groups excluding tert-OH is 1. The van der Waals surface area contributed by atoms with Crippen molar-refractivity contribution in [2.75, 3.05) is 41.4 Å². The van der Waals surface area contributed by atoms with Crippen molar-refractivity contribution >= 4 is 28.8 Å². The van der Waals surface area contributed by atoms with E-state index in [0.29, 0.717) is 30.2 Å². The summed E-state index contributed by atoms with van der Waals surface area (Å²) in [4.78, 5) is 30.0. The third kappa shape index (κ3) is 3.99. The number of nitrogens with zero attached hydrogens (tertiary/aromatic N) is 2. The zero-order chi connectivity index (χ0) is 21.1. The Balaban J connectivity index is 2.14. The first kappa shape index (κ1) is 20.9. The largest absolute Gasteiger partial charge is 0.507 e. The van der Waals surface area contributed by atoms with Gasteiger partial charge in [-0.15, -0.1) is 11.3 Å². The SMILES string of the molecule is COc1ccc(C(O)=C2C(=O)C(=O)N(CCN(C)C)C2c2cccs2)c(OC)c1. The van der Waals surface area contributed by atoms with Gasteiger partial charge in [-0.1, -0.05) is 6.07 Å². The summed E-state index contributed by atoms with van der Waals surface area (Å²) in [5, 5.41) is 13.0. The molecular weight excluding hydrogens is 392 g/mol. The molecule has 8 heteroatoms. The molecule has 1 aromatic carbocycles. The number of amides is 1. The number of carbonyl (C=O) groups excluding carboxylic acids is 2. The van der Waals surface area contributed by atoms with E-state index in [-0.39, 0.29) is 11.3 Å². The summed E-state index contributed by atoms with van der Waals surface area (Å²) in [6.45, 7) is 0.970. The number of methoxy groups -OCH3 is 2. The number of ketones is 1. The van der Waals surface area contributed by atoms with E-state index in [1.807, 2.05) is 36.5 Å². The Labute approximate surface area is 173 Å². The van der Waals surface area contributed by atoms with E-state index in [1.165, 1.54) is 30.5 Å². The molecule has 1 amide bonds. The first-order valence-electron chi connectivity index (χ1n) is 9.08. The van der Waals surface area contributed by atoms with Crippen molar-refractivity contribution in [2.24, 2.45) is 0 Å². The Hall–Kier alpha value is -2.84. The topological polar surface area (TPSA) is 79.3 Å². The standard InChI is InChI=1S/C21H24N2O5S/c1-22(2)9-10-23-18(16-6-5-11-29-16)17(20(25)21(23)26)19(24)14-8-7-13(27-3)12-15(14)28-4/h5-8,11-12,18,24H,9-10H2,1-4H3. The van der Waals surface area contributed by atoms with Crippen molar-refractivity contribution < 1.29 is 24.2 Å². The summed E-state index contributed by atoms with van der Waals surface area (Å²) in [6, 6.07) is 7.99. The van der Waals surface area contributed by atoms with Gasteiger partial charge in [0.05, 0.1) is 31.4 Å². The molecule has 1 N–H and O–H groups in total. The molecule has 1 saturated heterocycles. The van der Waals surface area contributed by atoms with Gasteiger partial charge >= 0.3 is 0 Å². The van der Waals surface area contributed by atoms with Crippen molar-refractivity contribution in [1.29, 1.82) is 0 Å². The maximum absolute atomic E-state index is 12.9. The van der Waals surface area contributed by atoms with E-state index in [0.717, 1.165) is 4.88 Å². The molecule has 29 heavy (non-hydrogen) atoms. The Morgan fingerprint density at radius 3 is 2.55 bits per heavy atom. The molecule has 2 aromatic rings. The zero-order valence-corrected chi connectivity index (χ0v) is 17.7. The van der Waals surface area contributed by atoms with Crippen molar-refractivity contribution in [3.05, 3.63) is 51.7 Å². The number of ether oxygens (including phenoxy) is 2. The summed E-state index contributed by atoms with van der Waals surface area (Å²) < 4.78 is 10.6. The average molecular weight is 416 g/mol. The van der Waals surface area contributed by atoms with E-state index in [2.05, 4.69) is 0 Å². The Morgan fingerprint density at radius 2 is 1.97 bits per heavy atom. The van der Waals surface area contributed by atoms with Crippen LogP contribution in [0.4, 0.5) is 0 Å². The van der Waals surface area contributed by atoms with Crippen LogP contribution in [-0.2, 0) is 9.59 Å². The van der Waals surface area contributed by atoms with E-state index in [9.17, 15) is 14.7 Å². The molecule has 0 radical (unpaired) electrons. The average Bonchev–Trinajstić information content (AvgIpc) is 3.32. The van der Waals surface area contributed by atoms with Gasteiger partial charge < -0.3 is 24.4 Å². The Morgan fingerprint density at radius 1 is 1.21 bits per heavy atom. The maximum atomic E-state index is 12.9. The van der Waals surface area contributed by atoms with Crippen LogP contribution in [0.15, 0.2) is 41.3 Å². The zero-order valence-electron chi connectivity index (χ0n) is 16.8. The Kier molecular flexibility index (Phi) is 6.24. The minimum Gasteiger partial charge on any atom is -0.507 e. The highest BCUT2D eigenvalue weighted by Crippen LogP contribution is 2.42. The van der Waals surface area contributed by atoms with E-state index < -0.39 is 17.7 Å². The quantitative estimate of drug-likeness (QED) is 0.425. The van der Waals surface area contributed by atoms with Crippen LogP contribution in [0.5, 0.6) is 11.5 Å². The summed E-state index contributed by atoms with van der Waals surface area (Å²) >= 11 is 1.44. The van der Waals surface area contributed by atoms with Crippen LogP contribution in [0.3, 0.4) is 0 Å². The van der Waals surface area contributed by atoms with E-state index in [4.69, 9.17) is 9.47 Å². The van der Waals surface area contributed by atoms with Gasteiger partial charge in [0.2, 0.25) is 0 Å². The molecule has 1 unspecified atom stereocenters. The van der Waals surface area contributed by atoms with Gasteiger partial charge in [0.1, 0.15) is 17.3 Å². The van der Waals surface area contributed by atoms with Crippen LogP contribution in [-0.4, -0.2) is 68.0 Å². The van der Waals surface area contributed by atoms with Crippen LogP contribution in [0.2, 0.25) is 0 Å². The number of thiophene rings is 1. The first-order chi connectivity index (χ1) is 13.9. The number of likely N-dealkylation sites (tertiary alicyclic amines) is 1. The fourth-order valence-electron chi connectivity index (χ4n) is 3.30. The lowest BCUT2D eigenvalue weighted by Crippen LogP contribution is -2.35. The number of benzene rings is 1. The number of Topliss-reactive ketones (excluding diaryl/α,β-unsaturated/α-hetero) is 1. The number of likely N-dealkylation sites (N-methyl/N-ethyl adjacent to an activating group) is 1. The third-order valence-electron chi connectivity index (χ3n) is 4.80. The highest BCUT2D eigenvalue weighted by molar-refractivity contribution is 7.10. The lowest BCUT2D eigenvalue weighted by Gasteiger charge is -2.25. The summed E-state index contributed by atoms with van der Waals surface area (Å²) in [6.07, 6.45) is 0. The number of carbonyl (C=O) groups is 2. The first-order valence-corrected chi connectivity index (χ1v) is 9.96. The molecule has 0 bridgehead atoms. The molecule has 1 fully saturated rings. The molecule has 1 atom stereocenters. The van der Waals surface area contributed by atoms with Gasteiger partial charge in [-0.25, -0.2) is 0 Å². The van der Waals surface area contributed by atoms with Crippen molar-refractivity contribution in [3.63, 3.8) is 0 Å². The Bertz CT molecular complexity index is 937. The van der Waals surface area contributed by atoms with E-state index in [1.54, 1.807) is 18.2 Å². The molecule has 1 aliphatic rings. The summed E-state index contributed by atoms with van der Waals surface area (Å²) in [7, 11) is 6.80. The van der Waals surface area contributed by atoms with Crippen molar-refractivity contribution in [2.45, 2.75) is 6.04 Å². The number of rotatable bonds is 7. The molecule has 0 saturated carbocycles. The van der Waals surface area contributed by atoms with Crippen molar-refractivity contribution in [1.82, 2.24) is 9.80 Å². The molecular formula is C21H24N2O5S. The van der Waals surface area contributed by atoms with Gasteiger partial charge in [0.15, 0.2) is 0 Å². The fourth-order valence-corrected chi connectivity index (χ4v) is 4.15. The smallest absolute Gasteiger partial charge is 0.295 e. The van der Waals surface area contributed by atoms with Gasteiger partial charge in [-0.3, -0.25) is 9.59 Å². The number of aliphatic hydroxyl groups is 1. The second-order valence-corrected chi connectivity index (χ2v) is 7.86. The molecule has 154 valence electrons. The summed E-state index contributed by atoms with van der Waals surface area (Å²) in [5.41, 5.74) is 0.403. The van der Waals surface area contributed by atoms with E-state index >= 15 is 0 Å². The fraction of sp³-hybridized carbons (Fsp3) is 0.333. The molecule has 7 nitrogen and oxygen atoms in total. The highest BCUT2D eigenvalue weighted by atomic mass is 32.1. The van der Waals surface area contributed by atoms with Crippen LogP contribution in [0.1, 0.15) is 16.5 Å². The predicted molar refractivity (Wildman–Crippen MR) is 111 cm³/mol. The second-order valence-electron chi connectivity index (χ2n) is 6.88. The normalized spacial score (nSPS) is 18.5. The monoisotopic (exact) mass is 416 g/mol. The van der Waals surface area contributed by atoms with Gasteiger partial charge in [-0.2, -0.15) is 0 Å². The molecule has 2 heterocycles. The van der Waals surface area contributed by atoms with Crippen LogP contribution >= 0.6 is 11.3 Å². The van der Waals surface area contributed by atoms with Gasteiger partial charge in [0, 0.05) is 24.0 Å². The second kappa shape index (κ2) is 8.67. The molecule has 1 aromatic heterocycles. The number of hydrogen-bond acceptors (Lipinski definition) is 7. The molecule has 0 aliphatic carbocycles. The number of hydrogen-bond donors (Lipinski definition) is 1. The lowest BCUT2D eigenvalue weighted by molar-refractivity contribution is -0.140. The lowest BCUT2D eigenvalue weighted by atomic mass is 9.99. The van der Waals surface area contributed by atoms with Crippen molar-refractivity contribution in [3.8, 4) is 11.5 Å². The minimum atomic E-state index is -0.697. The molecule has 1 aliphatic heterocycles. The van der Waals surface area contributed by atoms with Gasteiger partial charge in [-0.05, 0) is 37.7 Å². The molecule has 0 spiro atoms. The third-order valence-corrected chi connectivity index (χ3v) is 5.73. The molecule has 3 rings (SSSR count). The van der Waals surface area contributed by atoms with Crippen LogP contribution in [0, 0.1) is 0 Å². The summed E-state index contributed by atoms with van der Waals surface area (Å²) in [5.74, 6) is -0.656.